The van der Waals surface area contributed by atoms with Gasteiger partial charge in [-0.2, -0.15) is 0 Å². The molecule has 0 fully saturated rings. The Morgan fingerprint density at radius 2 is 1.70 bits per heavy atom. The summed E-state index contributed by atoms with van der Waals surface area (Å²) in [6.07, 6.45) is 0. The molecule has 2 rings (SSSR count). The van der Waals surface area contributed by atoms with Crippen molar-refractivity contribution in [3.63, 3.8) is 0 Å². The molecule has 0 spiro atoms. The number of benzene rings is 2. The Bertz CT molecular complexity index is 843. The highest BCUT2D eigenvalue weighted by Gasteiger charge is 2.13. The third kappa shape index (κ3) is 6.03. The fourth-order valence-corrected chi connectivity index (χ4v) is 2.10. The zero-order valence-corrected chi connectivity index (χ0v) is 14.0. The number of rotatable bonds is 8. The maximum absolute atomic E-state index is 13.5. The van der Waals surface area contributed by atoms with Gasteiger partial charge in [0, 0.05) is 37.0 Å². The molecule has 2 amide bonds. The summed E-state index contributed by atoms with van der Waals surface area (Å²) < 4.78 is 26.3. The maximum Gasteiger partial charge on any atom is 0.269 e. The van der Waals surface area contributed by atoms with Crippen molar-refractivity contribution < 1.29 is 23.3 Å². The largest absolute Gasteiger partial charge is 0.383 e. The first-order valence-corrected chi connectivity index (χ1v) is 7.85. The third-order valence-electron chi connectivity index (χ3n) is 3.44. The fraction of sp³-hybridized carbons (Fsp3) is 0.176. The highest BCUT2D eigenvalue weighted by atomic mass is 19.1. The van der Waals surface area contributed by atoms with Crippen LogP contribution in [0.1, 0.15) is 10.4 Å². The van der Waals surface area contributed by atoms with Gasteiger partial charge < -0.3 is 16.0 Å². The Morgan fingerprint density at radius 3 is 2.33 bits per heavy atom. The number of nitro groups is 1. The number of carbonyl (C=O) groups is 2. The van der Waals surface area contributed by atoms with E-state index in [0.717, 1.165) is 12.1 Å². The smallest absolute Gasteiger partial charge is 0.269 e. The van der Waals surface area contributed by atoms with Crippen LogP contribution in [0.4, 0.5) is 20.2 Å². The number of carbonyl (C=O) groups excluding carboxylic acids is 2. The van der Waals surface area contributed by atoms with Crippen molar-refractivity contribution in [2.24, 2.45) is 0 Å². The van der Waals surface area contributed by atoms with Crippen LogP contribution in [-0.4, -0.2) is 36.4 Å². The lowest BCUT2D eigenvalue weighted by atomic mass is 10.2. The lowest BCUT2D eigenvalue weighted by molar-refractivity contribution is -0.384. The molecule has 0 aliphatic rings. The minimum Gasteiger partial charge on any atom is -0.383 e. The summed E-state index contributed by atoms with van der Waals surface area (Å²) in [5, 5.41) is 18.3. The van der Waals surface area contributed by atoms with Crippen molar-refractivity contribution in [2.75, 3.05) is 25.0 Å². The first kappa shape index (κ1) is 19.8. The van der Waals surface area contributed by atoms with E-state index < -0.39 is 28.4 Å². The van der Waals surface area contributed by atoms with Crippen LogP contribution in [0.2, 0.25) is 0 Å². The maximum atomic E-state index is 13.5. The molecule has 0 radical (unpaired) electrons. The quantitative estimate of drug-likeness (QED) is 0.368. The molecule has 142 valence electrons. The summed E-state index contributed by atoms with van der Waals surface area (Å²) in [5.41, 5.74) is 0.265. The molecule has 2 aromatic carbocycles. The van der Waals surface area contributed by atoms with Crippen molar-refractivity contribution >= 4 is 23.2 Å². The molecular formula is C17H16F2N4O4. The second kappa shape index (κ2) is 9.22. The Balaban J connectivity index is 1.68. The van der Waals surface area contributed by atoms with Crippen LogP contribution in [0, 0.1) is 21.7 Å². The van der Waals surface area contributed by atoms with E-state index in [2.05, 4.69) is 16.0 Å². The van der Waals surface area contributed by atoms with E-state index >= 15 is 0 Å². The summed E-state index contributed by atoms with van der Waals surface area (Å²) in [7, 11) is 0. The van der Waals surface area contributed by atoms with Crippen LogP contribution >= 0.6 is 0 Å². The summed E-state index contributed by atoms with van der Waals surface area (Å²) in [5.74, 6) is -3.13. The minimum atomic E-state index is -1.01. The van der Waals surface area contributed by atoms with Crippen LogP contribution in [0.3, 0.4) is 0 Å². The lowest BCUT2D eigenvalue weighted by Gasteiger charge is -2.09. The molecule has 0 aliphatic carbocycles. The monoisotopic (exact) mass is 378 g/mol. The summed E-state index contributed by atoms with van der Waals surface area (Å²) in [4.78, 5) is 33.5. The van der Waals surface area contributed by atoms with Gasteiger partial charge in [0.2, 0.25) is 5.91 Å². The van der Waals surface area contributed by atoms with E-state index in [1.54, 1.807) is 0 Å². The predicted octanol–water partition coefficient (Wildman–Crippen LogP) is 1.83. The van der Waals surface area contributed by atoms with Gasteiger partial charge in [-0.15, -0.1) is 0 Å². The SMILES string of the molecule is O=C(CNC(=O)c1ccc(F)cc1F)NCCNc1ccc([N+](=O)[O-])cc1. The summed E-state index contributed by atoms with van der Waals surface area (Å²) >= 11 is 0. The Kier molecular flexibility index (Phi) is 6.75. The number of hydrogen-bond acceptors (Lipinski definition) is 5. The van der Waals surface area contributed by atoms with Crippen molar-refractivity contribution in [3.8, 4) is 0 Å². The number of hydrogen-bond donors (Lipinski definition) is 3. The van der Waals surface area contributed by atoms with Crippen LogP contribution in [0.15, 0.2) is 42.5 Å². The van der Waals surface area contributed by atoms with Gasteiger partial charge in [-0.05, 0) is 24.3 Å². The summed E-state index contributed by atoms with van der Waals surface area (Å²) in [6.45, 7) is 0.216. The number of amides is 2. The molecular weight excluding hydrogens is 362 g/mol. The number of anilines is 1. The first-order valence-electron chi connectivity index (χ1n) is 7.85. The fourth-order valence-electron chi connectivity index (χ4n) is 2.10. The highest BCUT2D eigenvalue weighted by molar-refractivity contribution is 5.96. The molecule has 0 unspecified atom stereocenters. The van der Waals surface area contributed by atoms with Gasteiger partial charge in [0.25, 0.3) is 11.6 Å². The van der Waals surface area contributed by atoms with E-state index in [9.17, 15) is 28.5 Å². The Labute approximate surface area is 152 Å². The molecule has 0 saturated heterocycles. The topological polar surface area (TPSA) is 113 Å². The number of nitro benzene ring substituents is 1. The van der Waals surface area contributed by atoms with Crippen molar-refractivity contribution in [1.29, 1.82) is 0 Å². The predicted molar refractivity (Wildman–Crippen MR) is 93.3 cm³/mol. The van der Waals surface area contributed by atoms with Gasteiger partial charge in [0.15, 0.2) is 0 Å². The zero-order valence-electron chi connectivity index (χ0n) is 14.0. The average molecular weight is 378 g/mol. The van der Waals surface area contributed by atoms with E-state index in [1.807, 2.05) is 0 Å². The standard InChI is InChI=1S/C17H16F2N4O4/c18-11-1-6-14(15(19)9-11)17(25)22-10-16(24)21-8-7-20-12-2-4-13(5-3-12)23(26)27/h1-6,9,20H,7-8,10H2,(H,21,24)(H,22,25). The number of halogens is 2. The molecule has 10 heteroatoms. The Morgan fingerprint density at radius 1 is 1.00 bits per heavy atom. The van der Waals surface area contributed by atoms with Gasteiger partial charge in [0.05, 0.1) is 17.0 Å². The van der Waals surface area contributed by atoms with E-state index in [-0.39, 0.29) is 24.3 Å². The third-order valence-corrected chi connectivity index (χ3v) is 3.44. The minimum absolute atomic E-state index is 0.0258. The molecule has 0 bridgehead atoms. The molecule has 0 atom stereocenters. The lowest BCUT2D eigenvalue weighted by Crippen LogP contribution is -2.38. The number of nitrogens with one attached hydrogen (secondary N) is 3. The number of nitrogens with zero attached hydrogens (tertiary/aromatic N) is 1. The molecule has 2 aromatic rings. The highest BCUT2D eigenvalue weighted by Crippen LogP contribution is 2.14. The van der Waals surface area contributed by atoms with Crippen LogP contribution in [0.5, 0.6) is 0 Å². The second-order valence-corrected chi connectivity index (χ2v) is 5.39. The molecule has 3 N–H and O–H groups in total. The molecule has 8 nitrogen and oxygen atoms in total. The van der Waals surface area contributed by atoms with Crippen LogP contribution in [-0.2, 0) is 4.79 Å². The molecule has 0 heterocycles. The van der Waals surface area contributed by atoms with Gasteiger partial charge in [-0.3, -0.25) is 19.7 Å². The molecule has 27 heavy (non-hydrogen) atoms. The average Bonchev–Trinajstić information content (AvgIpc) is 2.63. The zero-order chi connectivity index (χ0) is 19.8. The first-order chi connectivity index (χ1) is 12.9. The molecule has 0 saturated carbocycles. The van der Waals surface area contributed by atoms with Crippen molar-refractivity contribution in [3.05, 3.63) is 69.8 Å². The number of non-ortho nitro benzene ring substituents is 1. The van der Waals surface area contributed by atoms with Crippen LogP contribution < -0.4 is 16.0 Å². The van der Waals surface area contributed by atoms with Gasteiger partial charge >= 0.3 is 0 Å². The van der Waals surface area contributed by atoms with E-state index in [4.69, 9.17) is 0 Å². The van der Waals surface area contributed by atoms with E-state index in [1.165, 1.54) is 24.3 Å². The Hall–Kier alpha value is -3.56. The van der Waals surface area contributed by atoms with Gasteiger partial charge in [-0.1, -0.05) is 0 Å². The van der Waals surface area contributed by atoms with Crippen molar-refractivity contribution in [1.82, 2.24) is 10.6 Å². The normalized spacial score (nSPS) is 10.1. The van der Waals surface area contributed by atoms with Gasteiger partial charge in [-0.25, -0.2) is 8.78 Å². The van der Waals surface area contributed by atoms with E-state index in [0.29, 0.717) is 18.3 Å². The van der Waals surface area contributed by atoms with Crippen molar-refractivity contribution in [2.45, 2.75) is 0 Å². The van der Waals surface area contributed by atoms with Gasteiger partial charge in [0.1, 0.15) is 11.6 Å². The molecule has 0 aromatic heterocycles. The molecule has 0 aliphatic heterocycles. The summed E-state index contributed by atoms with van der Waals surface area (Å²) in [6, 6.07) is 8.30. The van der Waals surface area contributed by atoms with Crippen LogP contribution in [0.25, 0.3) is 0 Å². The second-order valence-electron chi connectivity index (χ2n) is 5.39.